The first-order chi connectivity index (χ1) is 15.8. The molecule has 0 amide bonds. The molecule has 2 unspecified atom stereocenters. The summed E-state index contributed by atoms with van der Waals surface area (Å²) in [4.78, 5) is 30.7. The molecule has 5 heteroatoms. The summed E-state index contributed by atoms with van der Waals surface area (Å²) in [6.07, 6.45) is 4.20. The van der Waals surface area contributed by atoms with Crippen molar-refractivity contribution in [1.82, 2.24) is 9.80 Å². The molecule has 6 atom stereocenters. The SMILES string of the molecule is CC(C)CO[C@H]1C[C@@H](C(=O)C(C)C)N(C(C)CCC(C)[C@H]2C[C@@H](C(=O)C(C)C)N(C(C)C)C2)C1. The van der Waals surface area contributed by atoms with Crippen LogP contribution in [0.25, 0.3) is 0 Å². The lowest BCUT2D eigenvalue weighted by atomic mass is 9.85. The Balaban J connectivity index is 1.98. The quantitative estimate of drug-likeness (QED) is 0.352. The Morgan fingerprint density at radius 3 is 1.82 bits per heavy atom. The number of Topliss-reactive ketones (excluding diaryl/α,β-unsaturated/α-hetero) is 2. The van der Waals surface area contributed by atoms with Crippen LogP contribution in [0.4, 0.5) is 0 Å². The van der Waals surface area contributed by atoms with E-state index in [4.69, 9.17) is 4.74 Å². The molecular weight excluding hydrogens is 424 g/mol. The first-order valence-electron chi connectivity index (χ1n) is 14.0. The fraction of sp³-hybridized carbons (Fsp3) is 0.931. The molecule has 0 N–H and O–H groups in total. The molecule has 2 saturated heterocycles. The molecule has 2 heterocycles. The molecular formula is C29H54N2O3. The second-order valence-electron chi connectivity index (χ2n) is 12.6. The highest BCUT2D eigenvalue weighted by Gasteiger charge is 2.42. The number of carbonyl (C=O) groups excluding carboxylic acids is 2. The van der Waals surface area contributed by atoms with Gasteiger partial charge >= 0.3 is 0 Å². The van der Waals surface area contributed by atoms with Gasteiger partial charge in [-0.1, -0.05) is 48.5 Å². The highest BCUT2D eigenvalue weighted by Crippen LogP contribution is 2.35. The second kappa shape index (κ2) is 13.0. The van der Waals surface area contributed by atoms with Crippen molar-refractivity contribution in [2.75, 3.05) is 19.7 Å². The van der Waals surface area contributed by atoms with E-state index < -0.39 is 0 Å². The number of rotatable bonds is 13. The molecule has 34 heavy (non-hydrogen) atoms. The number of likely N-dealkylation sites (tertiary alicyclic amines) is 2. The molecule has 0 aromatic carbocycles. The van der Waals surface area contributed by atoms with Crippen LogP contribution >= 0.6 is 0 Å². The van der Waals surface area contributed by atoms with Gasteiger partial charge in [-0.15, -0.1) is 0 Å². The number of nitrogens with zero attached hydrogens (tertiary/aromatic N) is 2. The third kappa shape index (κ3) is 7.61. The monoisotopic (exact) mass is 478 g/mol. The van der Waals surface area contributed by atoms with Gasteiger partial charge < -0.3 is 4.74 Å². The van der Waals surface area contributed by atoms with Gasteiger partial charge in [0.2, 0.25) is 0 Å². The third-order valence-corrected chi connectivity index (χ3v) is 8.21. The van der Waals surface area contributed by atoms with Crippen molar-refractivity contribution in [3.63, 3.8) is 0 Å². The minimum Gasteiger partial charge on any atom is -0.377 e. The molecule has 0 aromatic rings. The summed E-state index contributed by atoms with van der Waals surface area (Å²) in [5.41, 5.74) is 0. The van der Waals surface area contributed by atoms with Crippen molar-refractivity contribution in [2.24, 2.45) is 29.6 Å². The molecule has 2 aliphatic heterocycles. The zero-order valence-electron chi connectivity index (χ0n) is 23.8. The summed E-state index contributed by atoms with van der Waals surface area (Å²) in [5.74, 6) is 2.55. The van der Waals surface area contributed by atoms with Crippen LogP contribution in [0, 0.1) is 29.6 Å². The van der Waals surface area contributed by atoms with Crippen molar-refractivity contribution < 1.29 is 14.3 Å². The van der Waals surface area contributed by atoms with Crippen molar-refractivity contribution in [1.29, 1.82) is 0 Å². The second-order valence-corrected chi connectivity index (χ2v) is 12.6. The van der Waals surface area contributed by atoms with E-state index in [9.17, 15) is 9.59 Å². The van der Waals surface area contributed by atoms with E-state index in [1.54, 1.807) is 0 Å². The number of ketones is 2. The normalized spacial score (nSPS) is 28.5. The van der Waals surface area contributed by atoms with Crippen molar-refractivity contribution in [3.8, 4) is 0 Å². The lowest BCUT2D eigenvalue weighted by Gasteiger charge is -2.32. The third-order valence-electron chi connectivity index (χ3n) is 8.21. The van der Waals surface area contributed by atoms with E-state index in [0.717, 1.165) is 45.4 Å². The Hall–Kier alpha value is -0.780. The van der Waals surface area contributed by atoms with Gasteiger partial charge in [0.25, 0.3) is 0 Å². The molecule has 0 radical (unpaired) electrons. The Bertz CT molecular complexity index is 660. The van der Waals surface area contributed by atoms with E-state index in [1.807, 2.05) is 27.7 Å². The molecule has 2 fully saturated rings. The van der Waals surface area contributed by atoms with Gasteiger partial charge in [0.1, 0.15) is 0 Å². The molecule has 198 valence electrons. The minimum atomic E-state index is -0.0153. The molecule has 5 nitrogen and oxygen atoms in total. The fourth-order valence-corrected chi connectivity index (χ4v) is 5.87. The van der Waals surface area contributed by atoms with Gasteiger partial charge in [-0.25, -0.2) is 0 Å². The average Bonchev–Trinajstić information content (AvgIpc) is 3.39. The van der Waals surface area contributed by atoms with E-state index in [0.29, 0.717) is 41.4 Å². The smallest absolute Gasteiger partial charge is 0.152 e. The van der Waals surface area contributed by atoms with Crippen molar-refractivity contribution >= 4 is 11.6 Å². The first kappa shape index (κ1) is 29.5. The van der Waals surface area contributed by atoms with Gasteiger partial charge in [-0.2, -0.15) is 0 Å². The molecule has 0 saturated carbocycles. The van der Waals surface area contributed by atoms with E-state index >= 15 is 0 Å². The summed E-state index contributed by atoms with van der Waals surface area (Å²) < 4.78 is 6.17. The lowest BCUT2D eigenvalue weighted by Crippen LogP contribution is -2.43. The maximum Gasteiger partial charge on any atom is 0.152 e. The van der Waals surface area contributed by atoms with Gasteiger partial charge in [0.05, 0.1) is 18.2 Å². The lowest BCUT2D eigenvalue weighted by molar-refractivity contribution is -0.127. The van der Waals surface area contributed by atoms with Gasteiger partial charge in [-0.3, -0.25) is 19.4 Å². The van der Waals surface area contributed by atoms with Crippen LogP contribution < -0.4 is 0 Å². The van der Waals surface area contributed by atoms with Gasteiger partial charge in [-0.05, 0) is 64.2 Å². The maximum atomic E-state index is 13.0. The average molecular weight is 479 g/mol. The molecule has 2 aliphatic rings. The number of hydrogen-bond acceptors (Lipinski definition) is 5. The summed E-state index contributed by atoms with van der Waals surface area (Å²) >= 11 is 0. The van der Waals surface area contributed by atoms with E-state index in [-0.39, 0.29) is 30.0 Å². The highest BCUT2D eigenvalue weighted by atomic mass is 16.5. The number of ether oxygens (including phenoxy) is 1. The predicted octanol–water partition coefficient (Wildman–Crippen LogP) is 5.46. The van der Waals surface area contributed by atoms with Crippen LogP contribution in [-0.2, 0) is 14.3 Å². The summed E-state index contributed by atoms with van der Waals surface area (Å²) in [7, 11) is 0. The van der Waals surface area contributed by atoms with Crippen molar-refractivity contribution in [2.45, 2.75) is 125 Å². The topological polar surface area (TPSA) is 49.9 Å². The summed E-state index contributed by atoms with van der Waals surface area (Å²) in [6, 6.07) is 0.825. The summed E-state index contributed by atoms with van der Waals surface area (Å²) in [6.45, 7) is 24.2. The molecule has 0 aromatic heterocycles. The number of carbonyl (C=O) groups is 2. The predicted molar refractivity (Wildman–Crippen MR) is 141 cm³/mol. The first-order valence-corrected chi connectivity index (χ1v) is 14.0. The van der Waals surface area contributed by atoms with Crippen LogP contribution in [0.15, 0.2) is 0 Å². The Kier molecular flexibility index (Phi) is 11.2. The zero-order valence-corrected chi connectivity index (χ0v) is 23.8. The van der Waals surface area contributed by atoms with Crippen LogP contribution in [0.2, 0.25) is 0 Å². The standard InChI is InChI=1S/C29H54N2O3/c1-18(2)17-34-25-14-27(29(33)20(5)6)31(16-25)23(10)12-11-22(9)24-13-26(28(32)19(3)4)30(15-24)21(7)8/h18-27H,11-17H2,1-10H3/t22?,23?,24-,25-,26-,27-/m0/s1. The van der Waals surface area contributed by atoms with Crippen LogP contribution in [0.5, 0.6) is 0 Å². The van der Waals surface area contributed by atoms with E-state index in [2.05, 4.69) is 51.3 Å². The summed E-state index contributed by atoms with van der Waals surface area (Å²) in [5, 5.41) is 0. The van der Waals surface area contributed by atoms with E-state index in [1.165, 1.54) is 0 Å². The molecule has 0 aliphatic carbocycles. The largest absolute Gasteiger partial charge is 0.377 e. The maximum absolute atomic E-state index is 13.0. The highest BCUT2D eigenvalue weighted by molar-refractivity contribution is 5.86. The Labute approximate surface area is 210 Å². The van der Waals surface area contributed by atoms with Crippen molar-refractivity contribution in [3.05, 3.63) is 0 Å². The minimum absolute atomic E-state index is 0.0153. The van der Waals surface area contributed by atoms with Crippen LogP contribution in [0.3, 0.4) is 0 Å². The molecule has 2 rings (SSSR count). The molecule has 0 spiro atoms. The van der Waals surface area contributed by atoms with Crippen LogP contribution in [-0.4, -0.2) is 71.3 Å². The fourth-order valence-electron chi connectivity index (χ4n) is 5.87. The molecule has 0 bridgehead atoms. The zero-order chi connectivity index (χ0) is 25.7. The van der Waals surface area contributed by atoms with Gasteiger partial charge in [0.15, 0.2) is 11.6 Å². The Morgan fingerprint density at radius 2 is 1.32 bits per heavy atom. The van der Waals surface area contributed by atoms with Crippen LogP contribution in [0.1, 0.15) is 94.9 Å². The Morgan fingerprint density at radius 1 is 0.765 bits per heavy atom. The number of hydrogen-bond donors (Lipinski definition) is 0. The van der Waals surface area contributed by atoms with Gasteiger partial charge in [0, 0.05) is 43.6 Å².